The highest BCUT2D eigenvalue weighted by Gasteiger charge is 2.19. The fourth-order valence-electron chi connectivity index (χ4n) is 10.0. The number of aryl methyl sites for hydroxylation is 2. The Hall–Kier alpha value is -9.57. The molecule has 9 aromatic carbocycles. The van der Waals surface area contributed by atoms with Gasteiger partial charge in [-0.2, -0.15) is 0 Å². The Bertz CT molecular complexity index is 4020. The molecule has 0 fully saturated rings. The number of pyridine rings is 3. The summed E-state index contributed by atoms with van der Waals surface area (Å²) < 4.78 is 49.5. The largest absolute Gasteiger partial charge is 0.256 e. The molecule has 0 saturated carbocycles. The fourth-order valence-corrected chi connectivity index (χ4v) is 10.0. The quantitative estimate of drug-likeness (QED) is 0.130. The van der Waals surface area contributed by atoms with Crippen molar-refractivity contribution in [3.05, 3.63) is 285 Å². The van der Waals surface area contributed by atoms with Crippen molar-refractivity contribution in [3.8, 4) is 123 Å². The van der Waals surface area contributed by atoms with Gasteiger partial charge < -0.3 is 0 Å². The maximum Gasteiger partial charge on any atom is 0.0705 e. The standard InChI is InChI=1S/C71H51N3/c1-48-42-71(74-47-49(48)2)57-38-39-67(68(46-57)54-28-26-51(27-29-54)50-16-4-3-5-17-50)66-23-11-10-22-65(66)60-44-58(63-20-8-6-18-61(63)52-30-34-55(35-31-52)69-24-12-14-40-72-69)43-59(45-60)64-21-9-7-19-62(64)53-32-36-56(37-33-53)70-25-13-15-41-73-70/h3-47H,1-2H3/i1D3,2D3. The van der Waals surface area contributed by atoms with Crippen LogP contribution in [-0.4, -0.2) is 15.0 Å². The lowest BCUT2D eigenvalue weighted by atomic mass is 9.84. The Morgan fingerprint density at radius 1 is 0.230 bits per heavy atom. The van der Waals surface area contributed by atoms with Crippen molar-refractivity contribution < 1.29 is 8.22 Å². The highest BCUT2D eigenvalue weighted by atomic mass is 14.7. The molecule has 0 amide bonds. The zero-order valence-corrected chi connectivity index (χ0v) is 40.3. The van der Waals surface area contributed by atoms with Crippen molar-refractivity contribution in [1.82, 2.24) is 15.0 Å². The zero-order valence-electron chi connectivity index (χ0n) is 46.3. The minimum atomic E-state index is -2.68. The molecule has 0 radical (unpaired) electrons. The maximum absolute atomic E-state index is 8.35. The predicted octanol–water partition coefficient (Wildman–Crippen LogP) is 18.8. The summed E-state index contributed by atoms with van der Waals surface area (Å²) in [5.74, 6) is 0. The second-order valence-corrected chi connectivity index (χ2v) is 18.3. The molecular weight excluding hydrogens is 895 g/mol. The summed E-state index contributed by atoms with van der Waals surface area (Å²) in [5, 5.41) is 0. The van der Waals surface area contributed by atoms with E-state index in [2.05, 4.69) is 197 Å². The normalized spacial score (nSPS) is 12.6. The van der Waals surface area contributed by atoms with Crippen LogP contribution in [0.3, 0.4) is 0 Å². The molecule has 0 atom stereocenters. The lowest BCUT2D eigenvalue weighted by molar-refractivity contribution is 1.22. The van der Waals surface area contributed by atoms with E-state index >= 15 is 0 Å². The number of aromatic nitrogens is 3. The average Bonchev–Trinajstić information content (AvgIpc) is 3.59. The van der Waals surface area contributed by atoms with E-state index in [1.54, 1.807) is 0 Å². The van der Waals surface area contributed by atoms with Gasteiger partial charge in [0.05, 0.1) is 17.1 Å². The van der Waals surface area contributed by atoms with E-state index in [1.807, 2.05) is 79.1 Å². The van der Waals surface area contributed by atoms with Crippen LogP contribution >= 0.6 is 0 Å². The second kappa shape index (κ2) is 20.3. The van der Waals surface area contributed by atoms with Crippen LogP contribution in [0.15, 0.2) is 273 Å². The summed E-state index contributed by atoms with van der Waals surface area (Å²) in [4.78, 5) is 13.8. The first-order chi connectivity index (χ1) is 38.9. The summed E-state index contributed by atoms with van der Waals surface area (Å²) >= 11 is 0. The van der Waals surface area contributed by atoms with E-state index in [4.69, 9.17) is 8.22 Å². The third-order valence-corrected chi connectivity index (χ3v) is 13.8. The van der Waals surface area contributed by atoms with E-state index in [9.17, 15) is 0 Å². The molecule has 350 valence electrons. The monoisotopic (exact) mass is 951 g/mol. The first-order valence-electron chi connectivity index (χ1n) is 27.7. The van der Waals surface area contributed by atoms with E-state index in [0.29, 0.717) is 11.3 Å². The number of hydrogen-bond acceptors (Lipinski definition) is 3. The van der Waals surface area contributed by atoms with Crippen molar-refractivity contribution in [2.24, 2.45) is 0 Å². The molecule has 0 aliphatic rings. The van der Waals surface area contributed by atoms with Gasteiger partial charge in [0.15, 0.2) is 0 Å². The summed E-state index contributed by atoms with van der Waals surface area (Å²) in [6.45, 7) is -5.34. The van der Waals surface area contributed by atoms with Crippen LogP contribution in [0.2, 0.25) is 0 Å². The van der Waals surface area contributed by atoms with Gasteiger partial charge in [-0.05, 0) is 168 Å². The topological polar surface area (TPSA) is 38.7 Å². The van der Waals surface area contributed by atoms with Crippen molar-refractivity contribution in [2.45, 2.75) is 13.7 Å². The van der Waals surface area contributed by atoms with E-state index in [1.165, 1.54) is 12.3 Å². The molecular formula is C71H51N3. The van der Waals surface area contributed by atoms with Gasteiger partial charge >= 0.3 is 0 Å². The Kier molecular flexibility index (Phi) is 10.7. The minimum absolute atomic E-state index is 0.243. The SMILES string of the molecule is [2H]C([2H])([2H])c1cnc(-c2ccc(-c3ccccc3-c3cc(-c4ccccc4-c4ccc(-c5ccccn5)cc4)cc(-c4ccccc4-c4ccc(-c5ccccn5)cc4)c3)c(-c3ccc(-c4ccccc4)cc3)c2)cc1C([2H])([2H])[2H]. The molecule has 0 bridgehead atoms. The Balaban J connectivity index is 1.04. The average molecular weight is 952 g/mol. The lowest BCUT2D eigenvalue weighted by Crippen LogP contribution is -1.94. The summed E-state index contributed by atoms with van der Waals surface area (Å²) in [5.41, 5.74) is 20.9. The highest BCUT2D eigenvalue weighted by Crippen LogP contribution is 2.45. The summed E-state index contributed by atoms with van der Waals surface area (Å²) in [6.07, 6.45) is 4.83. The lowest BCUT2D eigenvalue weighted by Gasteiger charge is -2.19. The van der Waals surface area contributed by atoms with Crippen molar-refractivity contribution in [2.75, 3.05) is 0 Å². The van der Waals surface area contributed by atoms with Gasteiger partial charge in [-0.3, -0.25) is 15.0 Å². The van der Waals surface area contributed by atoms with Crippen LogP contribution in [-0.2, 0) is 0 Å². The van der Waals surface area contributed by atoms with E-state index in [-0.39, 0.29) is 11.1 Å². The van der Waals surface area contributed by atoms with Crippen LogP contribution in [0.5, 0.6) is 0 Å². The van der Waals surface area contributed by atoms with Crippen molar-refractivity contribution in [3.63, 3.8) is 0 Å². The molecule has 0 N–H and O–H groups in total. The van der Waals surface area contributed by atoms with Crippen LogP contribution in [0.1, 0.15) is 19.4 Å². The summed E-state index contributed by atoms with van der Waals surface area (Å²) in [7, 11) is 0. The molecule has 0 aliphatic heterocycles. The molecule has 12 rings (SSSR count). The van der Waals surface area contributed by atoms with E-state index in [0.717, 1.165) is 112 Å². The minimum Gasteiger partial charge on any atom is -0.256 e. The smallest absolute Gasteiger partial charge is 0.0705 e. The van der Waals surface area contributed by atoms with Gasteiger partial charge in [-0.25, -0.2) is 0 Å². The molecule has 3 heterocycles. The molecule has 0 saturated heterocycles. The zero-order chi connectivity index (χ0) is 54.8. The van der Waals surface area contributed by atoms with Crippen LogP contribution in [0, 0.1) is 13.7 Å². The van der Waals surface area contributed by atoms with E-state index < -0.39 is 13.7 Å². The number of hydrogen-bond donors (Lipinski definition) is 0. The third kappa shape index (κ3) is 9.27. The van der Waals surface area contributed by atoms with Crippen LogP contribution < -0.4 is 0 Å². The highest BCUT2D eigenvalue weighted by molar-refractivity contribution is 5.97. The number of nitrogens with zero attached hydrogens (tertiary/aromatic N) is 3. The van der Waals surface area contributed by atoms with Gasteiger partial charge in [0.2, 0.25) is 0 Å². The fraction of sp³-hybridized carbons (Fsp3) is 0.0282. The molecule has 0 unspecified atom stereocenters. The molecule has 3 aromatic heterocycles. The number of rotatable bonds is 11. The van der Waals surface area contributed by atoms with Gasteiger partial charge in [-0.1, -0.05) is 200 Å². The first-order valence-corrected chi connectivity index (χ1v) is 24.7. The second-order valence-electron chi connectivity index (χ2n) is 18.3. The van der Waals surface area contributed by atoms with Crippen LogP contribution in [0.25, 0.3) is 123 Å². The molecule has 74 heavy (non-hydrogen) atoms. The first kappa shape index (κ1) is 39.1. The van der Waals surface area contributed by atoms with Gasteiger partial charge in [-0.15, -0.1) is 0 Å². The van der Waals surface area contributed by atoms with Crippen LogP contribution in [0.4, 0.5) is 0 Å². The Labute approximate surface area is 442 Å². The maximum atomic E-state index is 8.35. The van der Waals surface area contributed by atoms with Gasteiger partial charge in [0, 0.05) is 43.5 Å². The van der Waals surface area contributed by atoms with Gasteiger partial charge in [0.25, 0.3) is 0 Å². The molecule has 3 heteroatoms. The van der Waals surface area contributed by atoms with Gasteiger partial charge in [0.1, 0.15) is 0 Å². The molecule has 12 aromatic rings. The third-order valence-electron chi connectivity index (χ3n) is 13.8. The Morgan fingerprint density at radius 2 is 0.608 bits per heavy atom. The Morgan fingerprint density at radius 3 is 1.09 bits per heavy atom. The van der Waals surface area contributed by atoms with Crippen molar-refractivity contribution in [1.29, 1.82) is 0 Å². The molecule has 0 aliphatic carbocycles. The summed E-state index contributed by atoms with van der Waals surface area (Å²) in [6, 6.07) is 87.8. The molecule has 3 nitrogen and oxygen atoms in total. The molecule has 0 spiro atoms. The van der Waals surface area contributed by atoms with Crippen molar-refractivity contribution >= 4 is 0 Å². The predicted molar refractivity (Wildman–Crippen MR) is 309 cm³/mol. The number of benzene rings is 9.